The molecule has 1 aromatic carbocycles. The minimum atomic E-state index is -0.827. The monoisotopic (exact) mass is 260 g/mol. The van der Waals surface area contributed by atoms with Crippen molar-refractivity contribution in [1.29, 1.82) is 0 Å². The molecule has 4 heteroatoms. The Balaban J connectivity index is 1.82. The summed E-state index contributed by atoms with van der Waals surface area (Å²) in [4.78, 5) is 14.4. The van der Waals surface area contributed by atoms with Gasteiger partial charge in [0, 0.05) is 13.7 Å². The molecule has 2 N–H and O–H groups in total. The molecule has 1 aliphatic carbocycles. The highest BCUT2D eigenvalue weighted by Gasteiger charge is 2.42. The van der Waals surface area contributed by atoms with Crippen LogP contribution in [-0.2, 0) is 16.0 Å². The molecule has 2 atom stereocenters. The van der Waals surface area contributed by atoms with Crippen molar-refractivity contribution in [3.05, 3.63) is 35.4 Å². The number of rotatable bonds is 2. The van der Waals surface area contributed by atoms with Crippen LogP contribution in [0, 0.1) is 0 Å². The normalized spacial score (nSPS) is 29.3. The second kappa shape index (κ2) is 4.62. The van der Waals surface area contributed by atoms with Gasteiger partial charge in [0.05, 0.1) is 12.6 Å². The molecule has 0 bridgehead atoms. The number of likely N-dealkylation sites (N-methyl/N-ethyl adjacent to an activating group) is 1. The molecule has 0 saturated carbocycles. The zero-order valence-corrected chi connectivity index (χ0v) is 11.3. The average molecular weight is 260 g/mol. The van der Waals surface area contributed by atoms with E-state index in [1.54, 1.807) is 0 Å². The Bertz CT molecular complexity index is 495. The Hall–Kier alpha value is -1.39. The van der Waals surface area contributed by atoms with Gasteiger partial charge in [0.1, 0.15) is 5.54 Å². The largest absolute Gasteiger partial charge is 0.379 e. The number of fused-ring (bicyclic) bond motifs is 1. The molecule has 1 aromatic rings. The minimum absolute atomic E-state index is 0.00621. The number of hydrogen-bond acceptors (Lipinski definition) is 3. The van der Waals surface area contributed by atoms with E-state index >= 15 is 0 Å². The summed E-state index contributed by atoms with van der Waals surface area (Å²) in [5.41, 5.74) is 7.96. The van der Waals surface area contributed by atoms with Gasteiger partial charge < -0.3 is 15.4 Å². The third-order valence-corrected chi connectivity index (χ3v) is 4.37. The smallest absolute Gasteiger partial charge is 0.245 e. The fraction of sp³-hybridized carbons (Fsp3) is 0.533. The molecule has 0 spiro atoms. The SMILES string of the molecule is CN(C(=O)C1(N)CCOC1)C1CCc2ccccc21. The number of ether oxygens (including phenoxy) is 1. The zero-order valence-electron chi connectivity index (χ0n) is 11.3. The van der Waals surface area contributed by atoms with Crippen LogP contribution in [-0.4, -0.2) is 36.6 Å². The van der Waals surface area contributed by atoms with Crippen molar-refractivity contribution >= 4 is 5.91 Å². The maximum absolute atomic E-state index is 12.6. The summed E-state index contributed by atoms with van der Waals surface area (Å²) in [7, 11) is 1.86. The van der Waals surface area contributed by atoms with Gasteiger partial charge >= 0.3 is 0 Å². The standard InChI is InChI=1S/C15H20N2O2/c1-17(14(18)15(16)8-9-19-10-15)13-7-6-11-4-2-3-5-12(11)13/h2-5,13H,6-10,16H2,1H3. The number of hydrogen-bond donors (Lipinski definition) is 1. The fourth-order valence-electron chi connectivity index (χ4n) is 3.18. The molecule has 1 heterocycles. The van der Waals surface area contributed by atoms with Crippen molar-refractivity contribution in [2.24, 2.45) is 5.73 Å². The third-order valence-electron chi connectivity index (χ3n) is 4.37. The number of benzene rings is 1. The van der Waals surface area contributed by atoms with Gasteiger partial charge in [-0.15, -0.1) is 0 Å². The molecular weight excluding hydrogens is 240 g/mol. The molecule has 1 aliphatic heterocycles. The van der Waals surface area contributed by atoms with Crippen molar-refractivity contribution < 1.29 is 9.53 Å². The predicted octanol–water partition coefficient (Wildman–Crippen LogP) is 1.25. The summed E-state index contributed by atoms with van der Waals surface area (Å²) in [6, 6.07) is 8.50. The van der Waals surface area contributed by atoms with Gasteiger partial charge in [0.2, 0.25) is 5.91 Å². The Morgan fingerprint density at radius 3 is 3.00 bits per heavy atom. The molecule has 0 aromatic heterocycles. The zero-order chi connectivity index (χ0) is 13.5. The second-order valence-corrected chi connectivity index (χ2v) is 5.63. The van der Waals surface area contributed by atoms with Gasteiger partial charge in [-0.25, -0.2) is 0 Å². The molecule has 102 valence electrons. The van der Waals surface area contributed by atoms with Crippen LogP contribution in [0.2, 0.25) is 0 Å². The van der Waals surface area contributed by atoms with Gasteiger partial charge in [-0.05, 0) is 30.4 Å². The topological polar surface area (TPSA) is 55.6 Å². The number of aryl methyl sites for hydroxylation is 1. The van der Waals surface area contributed by atoms with E-state index in [2.05, 4.69) is 18.2 Å². The quantitative estimate of drug-likeness (QED) is 0.870. The summed E-state index contributed by atoms with van der Waals surface area (Å²) >= 11 is 0. The van der Waals surface area contributed by atoms with E-state index in [-0.39, 0.29) is 11.9 Å². The van der Waals surface area contributed by atoms with Gasteiger partial charge in [-0.3, -0.25) is 4.79 Å². The minimum Gasteiger partial charge on any atom is -0.379 e. The van der Waals surface area contributed by atoms with Crippen molar-refractivity contribution in [3.8, 4) is 0 Å². The highest BCUT2D eigenvalue weighted by molar-refractivity contribution is 5.87. The maximum atomic E-state index is 12.6. The van der Waals surface area contributed by atoms with Crippen molar-refractivity contribution in [2.75, 3.05) is 20.3 Å². The maximum Gasteiger partial charge on any atom is 0.245 e. The lowest BCUT2D eigenvalue weighted by molar-refractivity contribution is -0.138. The summed E-state index contributed by atoms with van der Waals surface area (Å²) in [6.45, 7) is 0.919. The van der Waals surface area contributed by atoms with Gasteiger partial charge in [-0.1, -0.05) is 24.3 Å². The Labute approximate surface area is 113 Å². The molecule has 4 nitrogen and oxygen atoms in total. The van der Waals surface area contributed by atoms with E-state index in [0.717, 1.165) is 12.8 Å². The molecule has 3 rings (SSSR count). The lowest BCUT2D eigenvalue weighted by Crippen LogP contribution is -2.55. The molecular formula is C15H20N2O2. The lowest BCUT2D eigenvalue weighted by Gasteiger charge is -2.32. The Morgan fingerprint density at radius 2 is 2.26 bits per heavy atom. The second-order valence-electron chi connectivity index (χ2n) is 5.63. The Kier molecular flexibility index (Phi) is 3.07. The van der Waals surface area contributed by atoms with Crippen molar-refractivity contribution in [2.45, 2.75) is 30.8 Å². The summed E-state index contributed by atoms with van der Waals surface area (Å²) in [6.07, 6.45) is 2.63. The van der Waals surface area contributed by atoms with E-state index in [1.807, 2.05) is 18.0 Å². The molecule has 1 saturated heterocycles. The average Bonchev–Trinajstić information content (AvgIpc) is 3.04. The summed E-state index contributed by atoms with van der Waals surface area (Å²) in [5, 5.41) is 0. The number of carbonyl (C=O) groups excluding carboxylic acids is 1. The van der Waals surface area contributed by atoms with Crippen LogP contribution in [0.25, 0.3) is 0 Å². The van der Waals surface area contributed by atoms with E-state index in [1.165, 1.54) is 11.1 Å². The number of nitrogens with zero attached hydrogens (tertiary/aromatic N) is 1. The van der Waals surface area contributed by atoms with Crippen LogP contribution in [0.3, 0.4) is 0 Å². The number of amides is 1. The van der Waals surface area contributed by atoms with Gasteiger partial charge in [-0.2, -0.15) is 0 Å². The number of carbonyl (C=O) groups is 1. The first-order valence-electron chi connectivity index (χ1n) is 6.83. The highest BCUT2D eigenvalue weighted by atomic mass is 16.5. The highest BCUT2D eigenvalue weighted by Crippen LogP contribution is 2.36. The van der Waals surface area contributed by atoms with Crippen LogP contribution in [0.4, 0.5) is 0 Å². The van der Waals surface area contributed by atoms with Crippen molar-refractivity contribution in [3.63, 3.8) is 0 Å². The van der Waals surface area contributed by atoms with E-state index in [9.17, 15) is 4.79 Å². The first-order chi connectivity index (χ1) is 9.12. The molecule has 1 amide bonds. The van der Waals surface area contributed by atoms with E-state index in [4.69, 9.17) is 10.5 Å². The van der Waals surface area contributed by atoms with Gasteiger partial charge in [0.25, 0.3) is 0 Å². The van der Waals surface area contributed by atoms with Crippen LogP contribution >= 0.6 is 0 Å². The summed E-state index contributed by atoms with van der Waals surface area (Å²) < 4.78 is 5.29. The fourth-order valence-corrected chi connectivity index (χ4v) is 3.18. The van der Waals surface area contributed by atoms with E-state index < -0.39 is 5.54 Å². The van der Waals surface area contributed by atoms with Crippen LogP contribution in [0.1, 0.15) is 30.0 Å². The molecule has 0 radical (unpaired) electrons. The Morgan fingerprint density at radius 1 is 1.47 bits per heavy atom. The van der Waals surface area contributed by atoms with Gasteiger partial charge in [0.15, 0.2) is 0 Å². The molecule has 2 aliphatic rings. The lowest BCUT2D eigenvalue weighted by atomic mass is 9.96. The van der Waals surface area contributed by atoms with Crippen LogP contribution < -0.4 is 5.73 Å². The molecule has 19 heavy (non-hydrogen) atoms. The van der Waals surface area contributed by atoms with Crippen molar-refractivity contribution in [1.82, 2.24) is 4.90 Å². The molecule has 2 unspecified atom stereocenters. The van der Waals surface area contributed by atoms with Crippen LogP contribution in [0.15, 0.2) is 24.3 Å². The van der Waals surface area contributed by atoms with Crippen LogP contribution in [0.5, 0.6) is 0 Å². The first-order valence-corrected chi connectivity index (χ1v) is 6.83. The summed E-state index contributed by atoms with van der Waals surface area (Å²) in [5.74, 6) is 0.00621. The predicted molar refractivity (Wildman–Crippen MR) is 72.6 cm³/mol. The third kappa shape index (κ3) is 2.05. The molecule has 1 fully saturated rings. The van der Waals surface area contributed by atoms with E-state index in [0.29, 0.717) is 19.6 Å². The first kappa shape index (κ1) is 12.6. The number of nitrogens with two attached hydrogens (primary N) is 1.